The summed E-state index contributed by atoms with van der Waals surface area (Å²) in [4.78, 5) is 30.6. The molecule has 0 spiro atoms. The Morgan fingerprint density at radius 2 is 1.85 bits per heavy atom. The second kappa shape index (κ2) is 8.41. The highest BCUT2D eigenvalue weighted by Gasteiger charge is 2.12. The van der Waals surface area contributed by atoms with Crippen molar-refractivity contribution in [1.29, 1.82) is 0 Å². The topological polar surface area (TPSA) is 64.4 Å². The Labute approximate surface area is 165 Å². The molecule has 0 aliphatic carbocycles. The lowest BCUT2D eigenvalue weighted by molar-refractivity contribution is -0.130. The molecule has 6 nitrogen and oxygen atoms in total. The van der Waals surface area contributed by atoms with Crippen molar-refractivity contribution >= 4 is 40.0 Å². The number of rotatable bonds is 6. The van der Waals surface area contributed by atoms with Gasteiger partial charge in [0, 0.05) is 17.1 Å². The molecule has 0 N–H and O–H groups in total. The molecule has 0 aliphatic heterocycles. The van der Waals surface area contributed by atoms with Gasteiger partial charge in [-0.3, -0.25) is 14.2 Å². The molecule has 2 aromatic carbocycles. The summed E-state index contributed by atoms with van der Waals surface area (Å²) in [5.74, 6) is 0.451. The second-order valence-corrected chi connectivity index (χ2v) is 6.83. The molecule has 3 aromatic rings. The third-order valence-corrected chi connectivity index (χ3v) is 4.51. The van der Waals surface area contributed by atoms with Crippen molar-refractivity contribution in [2.75, 3.05) is 20.2 Å². The van der Waals surface area contributed by atoms with E-state index in [9.17, 15) is 9.59 Å². The third kappa shape index (κ3) is 4.78. The zero-order chi connectivity index (χ0) is 19.4. The van der Waals surface area contributed by atoms with Gasteiger partial charge in [-0.05, 0) is 42.5 Å². The van der Waals surface area contributed by atoms with Crippen LogP contribution in [0.15, 0.2) is 53.6 Å². The van der Waals surface area contributed by atoms with Gasteiger partial charge >= 0.3 is 0 Å². The van der Waals surface area contributed by atoms with E-state index in [0.717, 1.165) is 0 Å². The highest BCUT2D eigenvalue weighted by Crippen LogP contribution is 2.15. The molecular formula is C19H17Cl2N3O3. The first kappa shape index (κ1) is 19.2. The minimum atomic E-state index is -0.304. The van der Waals surface area contributed by atoms with Crippen LogP contribution >= 0.6 is 23.2 Å². The van der Waals surface area contributed by atoms with Gasteiger partial charge in [0.1, 0.15) is 18.9 Å². The summed E-state index contributed by atoms with van der Waals surface area (Å²) in [6.45, 7) is 0.596. The molecule has 0 atom stereocenters. The van der Waals surface area contributed by atoms with E-state index in [2.05, 4.69) is 4.98 Å². The van der Waals surface area contributed by atoms with Crippen LogP contribution in [0.25, 0.3) is 10.9 Å². The van der Waals surface area contributed by atoms with Crippen LogP contribution in [0, 0.1) is 0 Å². The molecule has 0 unspecified atom stereocenters. The predicted octanol–water partition coefficient (Wildman–Crippen LogP) is 3.24. The molecule has 140 valence electrons. The summed E-state index contributed by atoms with van der Waals surface area (Å²) in [7, 11) is 1.66. The van der Waals surface area contributed by atoms with Crippen molar-refractivity contribution in [1.82, 2.24) is 14.5 Å². The normalized spacial score (nSPS) is 10.8. The minimum Gasteiger partial charge on any atom is -0.492 e. The number of hydrogen-bond donors (Lipinski definition) is 0. The van der Waals surface area contributed by atoms with Gasteiger partial charge in [0.15, 0.2) is 0 Å². The number of benzene rings is 2. The van der Waals surface area contributed by atoms with Crippen molar-refractivity contribution in [3.05, 3.63) is 69.2 Å². The Balaban J connectivity index is 1.61. The van der Waals surface area contributed by atoms with Crippen molar-refractivity contribution < 1.29 is 9.53 Å². The van der Waals surface area contributed by atoms with E-state index in [4.69, 9.17) is 27.9 Å². The Morgan fingerprint density at radius 3 is 2.59 bits per heavy atom. The molecule has 1 aromatic heterocycles. The maximum absolute atomic E-state index is 12.5. The lowest BCUT2D eigenvalue weighted by Crippen LogP contribution is -2.36. The molecule has 0 saturated carbocycles. The molecule has 1 heterocycles. The third-order valence-electron chi connectivity index (χ3n) is 4.03. The Bertz CT molecular complexity index is 1020. The Kier molecular flexibility index (Phi) is 5.98. The number of ether oxygens (including phenoxy) is 1. The molecule has 0 saturated heterocycles. The van der Waals surface area contributed by atoms with Crippen molar-refractivity contribution in [2.24, 2.45) is 0 Å². The molecule has 0 bridgehead atoms. The van der Waals surface area contributed by atoms with Crippen molar-refractivity contribution in [2.45, 2.75) is 6.54 Å². The molecule has 0 radical (unpaired) electrons. The van der Waals surface area contributed by atoms with Crippen LogP contribution in [0.3, 0.4) is 0 Å². The van der Waals surface area contributed by atoms with Crippen molar-refractivity contribution in [3.8, 4) is 5.75 Å². The van der Waals surface area contributed by atoms with E-state index >= 15 is 0 Å². The van der Waals surface area contributed by atoms with Crippen LogP contribution in [0.5, 0.6) is 5.75 Å². The van der Waals surface area contributed by atoms with Crippen LogP contribution in [-0.2, 0) is 11.3 Å². The Morgan fingerprint density at radius 1 is 1.15 bits per heavy atom. The fourth-order valence-electron chi connectivity index (χ4n) is 2.47. The number of nitrogens with zero attached hydrogens (tertiary/aromatic N) is 3. The number of fused-ring (bicyclic) bond motifs is 1. The summed E-state index contributed by atoms with van der Waals surface area (Å²) in [5, 5.41) is 1.46. The van der Waals surface area contributed by atoms with Gasteiger partial charge in [0.25, 0.3) is 5.56 Å². The molecule has 3 rings (SSSR count). The smallest absolute Gasteiger partial charge is 0.261 e. The lowest BCUT2D eigenvalue weighted by Gasteiger charge is -2.18. The van der Waals surface area contributed by atoms with Gasteiger partial charge in [-0.25, -0.2) is 4.98 Å². The highest BCUT2D eigenvalue weighted by atomic mass is 35.5. The van der Waals surface area contributed by atoms with Gasteiger partial charge < -0.3 is 9.64 Å². The fourth-order valence-corrected chi connectivity index (χ4v) is 2.76. The maximum Gasteiger partial charge on any atom is 0.261 e. The molecule has 0 fully saturated rings. The number of halogens is 2. The largest absolute Gasteiger partial charge is 0.492 e. The van der Waals surface area contributed by atoms with Crippen molar-refractivity contribution in [3.63, 3.8) is 0 Å². The maximum atomic E-state index is 12.5. The first-order valence-electron chi connectivity index (χ1n) is 8.21. The zero-order valence-electron chi connectivity index (χ0n) is 14.6. The average Bonchev–Trinajstić information content (AvgIpc) is 2.66. The monoisotopic (exact) mass is 405 g/mol. The van der Waals surface area contributed by atoms with Crippen LogP contribution in [0.1, 0.15) is 0 Å². The lowest BCUT2D eigenvalue weighted by atomic mass is 10.2. The van der Waals surface area contributed by atoms with Crippen LogP contribution in [0.2, 0.25) is 10.0 Å². The summed E-state index contributed by atoms with van der Waals surface area (Å²) >= 11 is 11.8. The number of carbonyl (C=O) groups excluding carboxylic acids is 1. The summed E-state index contributed by atoms with van der Waals surface area (Å²) in [6.07, 6.45) is 1.37. The number of carbonyl (C=O) groups is 1. The van der Waals surface area contributed by atoms with Gasteiger partial charge in [-0.2, -0.15) is 0 Å². The van der Waals surface area contributed by atoms with E-state index < -0.39 is 0 Å². The van der Waals surface area contributed by atoms with Crippen LogP contribution in [0.4, 0.5) is 0 Å². The molecular weight excluding hydrogens is 389 g/mol. The quantitative estimate of drug-likeness (QED) is 0.631. The van der Waals surface area contributed by atoms with E-state index in [1.807, 2.05) is 0 Å². The summed E-state index contributed by atoms with van der Waals surface area (Å²) < 4.78 is 6.85. The standard InChI is InChI=1S/C19H17Cl2N3O3/c1-23(8-9-27-15-5-2-13(20)3-6-15)18(25)11-24-12-22-17-7-4-14(21)10-16(17)19(24)26/h2-7,10,12H,8-9,11H2,1H3. The zero-order valence-corrected chi connectivity index (χ0v) is 16.1. The first-order chi connectivity index (χ1) is 12.9. The van der Waals surface area contributed by atoms with Crippen LogP contribution < -0.4 is 10.3 Å². The first-order valence-corrected chi connectivity index (χ1v) is 8.96. The number of likely N-dealkylation sites (N-methyl/N-ethyl adjacent to an activating group) is 1. The van der Waals surface area contributed by atoms with Gasteiger partial charge in [-0.15, -0.1) is 0 Å². The summed E-state index contributed by atoms with van der Waals surface area (Å²) in [6, 6.07) is 11.9. The Hall–Kier alpha value is -2.57. The van der Waals surface area contributed by atoms with Crippen LogP contribution in [-0.4, -0.2) is 40.6 Å². The number of amides is 1. The predicted molar refractivity (Wildman–Crippen MR) is 106 cm³/mol. The molecule has 1 amide bonds. The highest BCUT2D eigenvalue weighted by molar-refractivity contribution is 6.31. The summed E-state index contributed by atoms with van der Waals surface area (Å²) in [5.41, 5.74) is 0.236. The van der Waals surface area contributed by atoms with Gasteiger partial charge in [0.2, 0.25) is 5.91 Å². The van der Waals surface area contributed by atoms with Gasteiger partial charge in [-0.1, -0.05) is 23.2 Å². The van der Waals surface area contributed by atoms with E-state index in [1.54, 1.807) is 49.5 Å². The molecule has 27 heavy (non-hydrogen) atoms. The fraction of sp³-hybridized carbons (Fsp3) is 0.211. The number of hydrogen-bond acceptors (Lipinski definition) is 4. The second-order valence-electron chi connectivity index (χ2n) is 5.96. The van der Waals surface area contributed by atoms with E-state index in [-0.39, 0.29) is 18.0 Å². The minimum absolute atomic E-state index is 0.105. The molecule has 0 aliphatic rings. The molecule has 8 heteroatoms. The van der Waals surface area contributed by atoms with E-state index in [0.29, 0.717) is 39.8 Å². The average molecular weight is 406 g/mol. The van der Waals surface area contributed by atoms with E-state index in [1.165, 1.54) is 15.8 Å². The van der Waals surface area contributed by atoms with Gasteiger partial charge in [0.05, 0.1) is 23.8 Å². The SMILES string of the molecule is CN(CCOc1ccc(Cl)cc1)C(=O)Cn1cnc2ccc(Cl)cc2c1=O. The number of aromatic nitrogens is 2.